The molecule has 286 valence electrons. The summed E-state index contributed by atoms with van der Waals surface area (Å²) in [6.45, 7) is 0. The normalized spacial score (nSPS) is 12.2. The molecule has 0 spiro atoms. The Labute approximate surface area is 356 Å². The highest BCUT2D eigenvalue weighted by Crippen LogP contribution is 2.40. The Hall–Kier alpha value is -8.20. The van der Waals surface area contributed by atoms with Crippen LogP contribution in [0.1, 0.15) is 0 Å². The highest BCUT2D eigenvalue weighted by Gasteiger charge is 2.17. The van der Waals surface area contributed by atoms with E-state index in [1.165, 1.54) is 131 Å². The summed E-state index contributed by atoms with van der Waals surface area (Å²) in [7, 11) is 0. The molecular weight excluding hydrogens is 749 g/mol. The minimum Gasteiger partial charge on any atom is -0.309 e. The predicted molar refractivity (Wildman–Crippen MR) is 266 cm³/mol. The topological polar surface area (TPSA) is 9.86 Å². The first-order valence-corrected chi connectivity index (χ1v) is 21.5. The van der Waals surface area contributed by atoms with E-state index in [2.05, 4.69) is 228 Å². The van der Waals surface area contributed by atoms with Crippen LogP contribution in [0.15, 0.2) is 218 Å². The molecular formula is C60H36N2. The largest absolute Gasteiger partial charge is 0.309 e. The Kier molecular flexibility index (Phi) is 6.86. The van der Waals surface area contributed by atoms with Crippen molar-refractivity contribution in [2.45, 2.75) is 0 Å². The highest BCUT2D eigenvalue weighted by molar-refractivity contribution is 6.19. The molecule has 0 atom stereocenters. The third-order valence-corrected chi connectivity index (χ3v) is 13.6. The Balaban J connectivity index is 0.894. The molecule has 0 aliphatic carbocycles. The molecule has 2 aromatic heterocycles. The summed E-state index contributed by atoms with van der Waals surface area (Å²) in [6.07, 6.45) is 0. The summed E-state index contributed by atoms with van der Waals surface area (Å²) in [5.74, 6) is 0. The van der Waals surface area contributed by atoms with E-state index < -0.39 is 0 Å². The van der Waals surface area contributed by atoms with Crippen LogP contribution in [-0.4, -0.2) is 9.13 Å². The number of fused-ring (bicyclic) bond motifs is 16. The Morgan fingerprint density at radius 2 is 0.532 bits per heavy atom. The molecule has 14 rings (SSSR count). The number of hydrogen-bond acceptors (Lipinski definition) is 0. The first kappa shape index (κ1) is 33.6. The molecule has 2 heteroatoms. The third kappa shape index (κ3) is 4.75. The molecule has 0 amide bonds. The quantitative estimate of drug-likeness (QED) is 0.158. The van der Waals surface area contributed by atoms with Gasteiger partial charge in [-0.25, -0.2) is 0 Å². The van der Waals surface area contributed by atoms with Gasteiger partial charge >= 0.3 is 0 Å². The van der Waals surface area contributed by atoms with Crippen LogP contribution in [0.2, 0.25) is 0 Å². The number of para-hydroxylation sites is 2. The Morgan fingerprint density at radius 1 is 0.194 bits per heavy atom. The minimum absolute atomic E-state index is 1.17. The molecule has 0 fully saturated rings. The van der Waals surface area contributed by atoms with E-state index in [-0.39, 0.29) is 0 Å². The van der Waals surface area contributed by atoms with Gasteiger partial charge in [0.1, 0.15) is 0 Å². The second-order valence-corrected chi connectivity index (χ2v) is 16.9. The van der Waals surface area contributed by atoms with E-state index in [9.17, 15) is 0 Å². The van der Waals surface area contributed by atoms with Gasteiger partial charge in [-0.1, -0.05) is 158 Å². The van der Waals surface area contributed by atoms with E-state index in [1.807, 2.05) is 0 Å². The van der Waals surface area contributed by atoms with Crippen LogP contribution < -0.4 is 0 Å². The van der Waals surface area contributed by atoms with Crippen molar-refractivity contribution in [3.05, 3.63) is 218 Å². The van der Waals surface area contributed by atoms with Crippen LogP contribution in [0.3, 0.4) is 0 Å². The van der Waals surface area contributed by atoms with Gasteiger partial charge in [-0.3, -0.25) is 0 Å². The van der Waals surface area contributed by atoms with Crippen molar-refractivity contribution in [3.63, 3.8) is 0 Å². The minimum atomic E-state index is 1.17. The first-order chi connectivity index (χ1) is 30.7. The summed E-state index contributed by atoms with van der Waals surface area (Å²) in [5.41, 5.74) is 9.58. The molecule has 0 aliphatic rings. The molecule has 2 heterocycles. The van der Waals surface area contributed by atoms with Crippen LogP contribution in [0.4, 0.5) is 0 Å². The van der Waals surface area contributed by atoms with E-state index >= 15 is 0 Å². The van der Waals surface area contributed by atoms with Crippen molar-refractivity contribution in [1.82, 2.24) is 9.13 Å². The second kappa shape index (κ2) is 12.7. The summed E-state index contributed by atoms with van der Waals surface area (Å²) in [4.78, 5) is 0. The lowest BCUT2D eigenvalue weighted by Crippen LogP contribution is -1.94. The van der Waals surface area contributed by atoms with Crippen molar-refractivity contribution in [3.8, 4) is 22.5 Å². The monoisotopic (exact) mass is 784 g/mol. The number of benzene rings is 12. The lowest BCUT2D eigenvalue weighted by Gasteiger charge is -2.12. The van der Waals surface area contributed by atoms with Crippen LogP contribution in [0, 0.1) is 0 Å². The van der Waals surface area contributed by atoms with E-state index in [1.54, 1.807) is 0 Å². The zero-order valence-electron chi connectivity index (χ0n) is 33.7. The van der Waals surface area contributed by atoms with Gasteiger partial charge in [-0.15, -0.1) is 0 Å². The molecule has 2 nitrogen and oxygen atoms in total. The molecule has 0 bridgehead atoms. The summed E-state index contributed by atoms with van der Waals surface area (Å²) < 4.78 is 4.87. The average Bonchev–Trinajstić information content (AvgIpc) is 3.85. The van der Waals surface area contributed by atoms with Crippen molar-refractivity contribution in [1.29, 1.82) is 0 Å². The first-order valence-electron chi connectivity index (χ1n) is 21.5. The van der Waals surface area contributed by atoms with Gasteiger partial charge in [0.05, 0.1) is 22.1 Å². The fourth-order valence-corrected chi connectivity index (χ4v) is 10.8. The van der Waals surface area contributed by atoms with Gasteiger partial charge in [0.2, 0.25) is 0 Å². The van der Waals surface area contributed by atoms with E-state index in [4.69, 9.17) is 0 Å². The van der Waals surface area contributed by atoms with Gasteiger partial charge in [0.15, 0.2) is 0 Å². The molecule has 0 radical (unpaired) electrons. The molecule has 0 saturated heterocycles. The van der Waals surface area contributed by atoms with Crippen LogP contribution in [0.25, 0.3) is 131 Å². The van der Waals surface area contributed by atoms with Crippen molar-refractivity contribution < 1.29 is 0 Å². The summed E-state index contributed by atoms with van der Waals surface area (Å²) in [6, 6.07) is 81.2. The van der Waals surface area contributed by atoms with Crippen LogP contribution in [0.5, 0.6) is 0 Å². The van der Waals surface area contributed by atoms with E-state index in [0.717, 1.165) is 0 Å². The maximum Gasteiger partial charge on any atom is 0.0541 e. The lowest BCUT2D eigenvalue weighted by atomic mass is 9.97. The van der Waals surface area contributed by atoms with Gasteiger partial charge in [0.25, 0.3) is 0 Å². The molecule has 14 aromatic rings. The fourth-order valence-electron chi connectivity index (χ4n) is 10.8. The highest BCUT2D eigenvalue weighted by atomic mass is 15.0. The number of hydrogen-bond donors (Lipinski definition) is 0. The van der Waals surface area contributed by atoms with Crippen molar-refractivity contribution in [2.75, 3.05) is 0 Å². The van der Waals surface area contributed by atoms with Crippen LogP contribution >= 0.6 is 0 Å². The van der Waals surface area contributed by atoms with Gasteiger partial charge in [-0.2, -0.15) is 0 Å². The number of nitrogens with zero attached hydrogens (tertiary/aromatic N) is 2. The molecule has 0 unspecified atom stereocenters. The third-order valence-electron chi connectivity index (χ3n) is 13.6. The van der Waals surface area contributed by atoms with Gasteiger partial charge in [0, 0.05) is 32.9 Å². The lowest BCUT2D eigenvalue weighted by molar-refractivity contribution is 1.19. The molecule has 0 saturated carbocycles. The standard InChI is InChI=1S/C60H36N2/c1-3-11-45-37(9-1)17-25-51-47-29-23-43(33-41(47)19-27-49(45)51)61-57-15-7-5-13-53(57)55-35-39(21-31-59(55)61)40-22-32-60-56(36-40)54-14-6-8-16-58(54)62(60)44-24-30-48-42(34-44)20-28-50-46-12-4-2-10-38(46)18-26-52(48)50/h1-36H. The van der Waals surface area contributed by atoms with Crippen LogP contribution in [-0.2, 0) is 0 Å². The van der Waals surface area contributed by atoms with Crippen molar-refractivity contribution >= 4 is 108 Å². The molecule has 0 N–H and O–H groups in total. The zero-order chi connectivity index (χ0) is 40.5. The maximum atomic E-state index is 2.43. The Bertz CT molecular complexity index is 3940. The van der Waals surface area contributed by atoms with Gasteiger partial charge in [-0.05, 0) is 136 Å². The van der Waals surface area contributed by atoms with E-state index in [0.29, 0.717) is 0 Å². The average molecular weight is 785 g/mol. The molecule has 62 heavy (non-hydrogen) atoms. The fraction of sp³-hybridized carbons (Fsp3) is 0. The number of rotatable bonds is 3. The Morgan fingerprint density at radius 3 is 0.984 bits per heavy atom. The maximum absolute atomic E-state index is 2.43. The van der Waals surface area contributed by atoms with Crippen molar-refractivity contribution in [2.24, 2.45) is 0 Å². The van der Waals surface area contributed by atoms with Gasteiger partial charge < -0.3 is 9.13 Å². The zero-order valence-corrected chi connectivity index (χ0v) is 33.7. The molecule has 0 aliphatic heterocycles. The summed E-state index contributed by atoms with van der Waals surface area (Å²) >= 11 is 0. The number of aromatic nitrogens is 2. The summed E-state index contributed by atoms with van der Waals surface area (Å²) in [5, 5.41) is 20.4. The second-order valence-electron chi connectivity index (χ2n) is 16.9. The smallest absolute Gasteiger partial charge is 0.0541 e. The molecule has 12 aromatic carbocycles. The predicted octanol–water partition coefficient (Wildman–Crippen LogP) is 16.5. The SMILES string of the molecule is c1ccc2c(c1)ccc1c3ccc(-n4c5ccccc5c5cc(-c6ccc7c(c6)c6ccccc6n7-c6ccc7c(ccc8c9ccccc9ccc78)c6)ccc54)cc3ccc21.